The number of aryl methyl sites for hydroxylation is 3. The molecule has 1 atom stereocenters. The van der Waals surface area contributed by atoms with Crippen molar-refractivity contribution < 1.29 is 0 Å². The number of hydrogen-bond acceptors (Lipinski definition) is 2. The van der Waals surface area contributed by atoms with E-state index in [1.54, 1.807) is 11.3 Å². The third kappa shape index (κ3) is 2.04. The van der Waals surface area contributed by atoms with E-state index in [0.717, 1.165) is 0 Å². The molecule has 0 radical (unpaired) electrons. The molecule has 1 nitrogen and oxygen atoms in total. The molecule has 0 amide bonds. The van der Waals surface area contributed by atoms with Crippen LogP contribution in [0.5, 0.6) is 0 Å². The number of rotatable bonds is 2. The summed E-state index contributed by atoms with van der Waals surface area (Å²) in [4.78, 5) is 1.31. The fraction of sp³-hybridized carbons (Fsp3) is 0.286. The van der Waals surface area contributed by atoms with Crippen molar-refractivity contribution in [2.45, 2.75) is 26.8 Å². The zero-order chi connectivity index (χ0) is 11.7. The second-order valence-corrected chi connectivity index (χ2v) is 5.37. The van der Waals surface area contributed by atoms with Crippen molar-refractivity contribution >= 4 is 11.3 Å². The fourth-order valence-electron chi connectivity index (χ4n) is 1.86. The predicted octanol–water partition coefficient (Wildman–Crippen LogP) is 3.72. The van der Waals surface area contributed by atoms with Gasteiger partial charge < -0.3 is 5.73 Å². The Bertz CT molecular complexity index is 499. The molecule has 0 bridgehead atoms. The van der Waals surface area contributed by atoms with Gasteiger partial charge in [-0.05, 0) is 54.5 Å². The highest BCUT2D eigenvalue weighted by Gasteiger charge is 2.12. The van der Waals surface area contributed by atoms with Gasteiger partial charge >= 0.3 is 0 Å². The average molecular weight is 231 g/mol. The molecule has 0 aliphatic rings. The Hall–Kier alpha value is -1.12. The summed E-state index contributed by atoms with van der Waals surface area (Å²) in [5, 5.41) is 2.10. The zero-order valence-electron chi connectivity index (χ0n) is 9.95. The molecule has 0 aliphatic heterocycles. The van der Waals surface area contributed by atoms with E-state index >= 15 is 0 Å². The maximum atomic E-state index is 6.29. The van der Waals surface area contributed by atoms with Gasteiger partial charge in [0.2, 0.25) is 0 Å². The molecule has 2 aromatic rings. The van der Waals surface area contributed by atoms with Crippen LogP contribution >= 0.6 is 11.3 Å². The number of benzene rings is 1. The fourth-order valence-corrected chi connectivity index (χ4v) is 2.60. The molecule has 2 heteroatoms. The maximum absolute atomic E-state index is 6.29. The van der Waals surface area contributed by atoms with Gasteiger partial charge in [-0.2, -0.15) is 0 Å². The molecule has 2 rings (SSSR count). The highest BCUT2D eigenvalue weighted by molar-refractivity contribution is 7.10. The van der Waals surface area contributed by atoms with Gasteiger partial charge in [0.15, 0.2) is 0 Å². The second kappa shape index (κ2) is 4.40. The summed E-state index contributed by atoms with van der Waals surface area (Å²) < 4.78 is 0. The van der Waals surface area contributed by atoms with Gasteiger partial charge in [-0.1, -0.05) is 18.2 Å². The first-order valence-corrected chi connectivity index (χ1v) is 6.34. The molecule has 2 N–H and O–H groups in total. The van der Waals surface area contributed by atoms with Crippen LogP contribution in [0.3, 0.4) is 0 Å². The topological polar surface area (TPSA) is 26.0 Å². The van der Waals surface area contributed by atoms with Crippen LogP contribution in [0.2, 0.25) is 0 Å². The van der Waals surface area contributed by atoms with E-state index in [1.807, 2.05) is 0 Å². The van der Waals surface area contributed by atoms with Gasteiger partial charge in [-0.15, -0.1) is 11.3 Å². The van der Waals surface area contributed by atoms with Gasteiger partial charge in [0.1, 0.15) is 0 Å². The second-order valence-electron chi connectivity index (χ2n) is 4.25. The first kappa shape index (κ1) is 11.4. The molecule has 0 saturated carbocycles. The van der Waals surface area contributed by atoms with Gasteiger partial charge in [0.05, 0.1) is 6.04 Å². The maximum Gasteiger partial charge on any atom is 0.0562 e. The highest BCUT2D eigenvalue weighted by atomic mass is 32.1. The number of hydrogen-bond donors (Lipinski definition) is 1. The molecule has 84 valence electrons. The Morgan fingerprint density at radius 1 is 1.06 bits per heavy atom. The molecule has 1 aromatic heterocycles. The van der Waals surface area contributed by atoms with E-state index in [9.17, 15) is 0 Å². The molecule has 0 saturated heterocycles. The lowest BCUT2D eigenvalue weighted by atomic mass is 9.97. The van der Waals surface area contributed by atoms with E-state index in [4.69, 9.17) is 5.73 Å². The Balaban J connectivity index is 2.38. The van der Waals surface area contributed by atoms with Crippen molar-refractivity contribution in [3.63, 3.8) is 0 Å². The Kier molecular flexibility index (Phi) is 3.13. The van der Waals surface area contributed by atoms with Crippen LogP contribution in [0.4, 0.5) is 0 Å². The number of nitrogens with two attached hydrogens (primary N) is 1. The molecule has 0 aliphatic carbocycles. The summed E-state index contributed by atoms with van der Waals surface area (Å²) in [5.41, 5.74) is 11.4. The standard InChI is InChI=1S/C14H17NS/c1-9-4-5-12(8-10(9)2)14(15)13-6-7-16-11(13)3/h4-8,14H,15H2,1-3H3. The summed E-state index contributed by atoms with van der Waals surface area (Å²) in [6.07, 6.45) is 0. The third-order valence-electron chi connectivity index (χ3n) is 3.12. The minimum Gasteiger partial charge on any atom is -0.320 e. The minimum absolute atomic E-state index is 0.00514. The van der Waals surface area contributed by atoms with Gasteiger partial charge in [-0.25, -0.2) is 0 Å². The summed E-state index contributed by atoms with van der Waals surface area (Å²) in [6.45, 7) is 6.38. The van der Waals surface area contributed by atoms with Crippen molar-refractivity contribution in [3.8, 4) is 0 Å². The lowest BCUT2D eigenvalue weighted by Gasteiger charge is -2.13. The number of thiophene rings is 1. The summed E-state index contributed by atoms with van der Waals surface area (Å²) >= 11 is 1.75. The van der Waals surface area contributed by atoms with Crippen LogP contribution in [-0.4, -0.2) is 0 Å². The minimum atomic E-state index is 0.00514. The van der Waals surface area contributed by atoms with Crippen LogP contribution < -0.4 is 5.73 Å². The zero-order valence-corrected chi connectivity index (χ0v) is 10.8. The summed E-state index contributed by atoms with van der Waals surface area (Å²) in [6, 6.07) is 8.60. The Labute approximate surface area is 101 Å². The molecule has 1 aromatic carbocycles. The lowest BCUT2D eigenvalue weighted by molar-refractivity contribution is 0.866. The molecule has 1 unspecified atom stereocenters. The van der Waals surface area contributed by atoms with Crippen molar-refractivity contribution in [2.24, 2.45) is 5.73 Å². The van der Waals surface area contributed by atoms with Crippen LogP contribution in [-0.2, 0) is 0 Å². The van der Waals surface area contributed by atoms with Crippen molar-refractivity contribution in [1.29, 1.82) is 0 Å². The quantitative estimate of drug-likeness (QED) is 0.837. The average Bonchev–Trinajstić information content (AvgIpc) is 2.67. The van der Waals surface area contributed by atoms with Crippen molar-refractivity contribution in [2.75, 3.05) is 0 Å². The molecule has 0 fully saturated rings. The van der Waals surface area contributed by atoms with Gasteiger partial charge in [-0.3, -0.25) is 0 Å². The smallest absolute Gasteiger partial charge is 0.0562 e. The molecule has 0 spiro atoms. The third-order valence-corrected chi connectivity index (χ3v) is 3.99. The monoisotopic (exact) mass is 231 g/mol. The van der Waals surface area contributed by atoms with Crippen LogP contribution in [0.1, 0.15) is 33.2 Å². The van der Waals surface area contributed by atoms with Crippen molar-refractivity contribution in [3.05, 3.63) is 56.8 Å². The molecule has 1 heterocycles. The highest BCUT2D eigenvalue weighted by Crippen LogP contribution is 2.27. The molecular weight excluding hydrogens is 214 g/mol. The van der Waals surface area contributed by atoms with E-state index < -0.39 is 0 Å². The van der Waals surface area contributed by atoms with E-state index in [0.29, 0.717) is 0 Å². The van der Waals surface area contributed by atoms with E-state index in [2.05, 4.69) is 50.4 Å². The van der Waals surface area contributed by atoms with E-state index in [1.165, 1.54) is 27.1 Å². The van der Waals surface area contributed by atoms with Crippen LogP contribution in [0, 0.1) is 20.8 Å². The van der Waals surface area contributed by atoms with Gasteiger partial charge in [0, 0.05) is 4.88 Å². The van der Waals surface area contributed by atoms with E-state index in [-0.39, 0.29) is 6.04 Å². The normalized spacial score (nSPS) is 12.8. The molecular formula is C14H17NS. The SMILES string of the molecule is Cc1ccc(C(N)c2ccsc2C)cc1C. The van der Waals surface area contributed by atoms with Crippen LogP contribution in [0.15, 0.2) is 29.6 Å². The van der Waals surface area contributed by atoms with Gasteiger partial charge in [0.25, 0.3) is 0 Å². The van der Waals surface area contributed by atoms with Crippen LogP contribution in [0.25, 0.3) is 0 Å². The summed E-state index contributed by atoms with van der Waals surface area (Å²) in [5.74, 6) is 0. The first-order valence-electron chi connectivity index (χ1n) is 5.46. The Morgan fingerprint density at radius 2 is 1.81 bits per heavy atom. The largest absolute Gasteiger partial charge is 0.320 e. The Morgan fingerprint density at radius 3 is 2.38 bits per heavy atom. The van der Waals surface area contributed by atoms with Crippen molar-refractivity contribution in [1.82, 2.24) is 0 Å². The summed E-state index contributed by atoms with van der Waals surface area (Å²) in [7, 11) is 0. The molecule has 16 heavy (non-hydrogen) atoms. The predicted molar refractivity (Wildman–Crippen MR) is 71.0 cm³/mol. The lowest BCUT2D eigenvalue weighted by Crippen LogP contribution is -2.12. The first-order chi connectivity index (χ1) is 7.59.